The minimum absolute atomic E-state index is 0.565. The average Bonchev–Trinajstić information content (AvgIpc) is 2.79. The fourth-order valence-electron chi connectivity index (χ4n) is 1.30. The van der Waals surface area contributed by atoms with Crippen molar-refractivity contribution >= 4 is 22.0 Å². The third-order valence-electron chi connectivity index (χ3n) is 2.25. The standard InChI is InChI=1S/C11H13N3O2S2/c1-13(2)18(15,16)14-9-12-8-11(14)17-10-6-4-3-5-7-10/h3-9H,1-2H3. The summed E-state index contributed by atoms with van der Waals surface area (Å²) in [5.74, 6) is 0. The summed E-state index contributed by atoms with van der Waals surface area (Å²) in [5.41, 5.74) is 0. The lowest BCUT2D eigenvalue weighted by Gasteiger charge is -2.13. The van der Waals surface area contributed by atoms with Gasteiger partial charge in [0.15, 0.2) is 0 Å². The van der Waals surface area contributed by atoms with Crippen molar-refractivity contribution in [2.45, 2.75) is 9.92 Å². The number of rotatable bonds is 4. The number of nitrogens with zero attached hydrogens (tertiary/aromatic N) is 3. The zero-order valence-electron chi connectivity index (χ0n) is 10.0. The van der Waals surface area contributed by atoms with E-state index in [0.717, 1.165) is 9.20 Å². The first-order valence-corrected chi connectivity index (χ1v) is 7.41. The Balaban J connectivity index is 2.35. The van der Waals surface area contributed by atoms with Crippen LogP contribution < -0.4 is 0 Å². The molecule has 1 aromatic heterocycles. The molecule has 0 saturated carbocycles. The second-order valence-electron chi connectivity index (χ2n) is 3.73. The Morgan fingerprint density at radius 3 is 2.50 bits per heavy atom. The molecule has 0 aliphatic rings. The molecule has 0 atom stereocenters. The molecule has 96 valence electrons. The van der Waals surface area contributed by atoms with Crippen LogP contribution in [0.25, 0.3) is 0 Å². The van der Waals surface area contributed by atoms with Gasteiger partial charge in [-0.1, -0.05) is 30.0 Å². The van der Waals surface area contributed by atoms with E-state index in [4.69, 9.17) is 0 Å². The summed E-state index contributed by atoms with van der Waals surface area (Å²) in [4.78, 5) is 4.87. The van der Waals surface area contributed by atoms with Crippen molar-refractivity contribution in [1.82, 2.24) is 13.3 Å². The van der Waals surface area contributed by atoms with E-state index in [2.05, 4.69) is 4.98 Å². The molecule has 0 spiro atoms. The first kappa shape index (κ1) is 13.1. The van der Waals surface area contributed by atoms with E-state index in [0.29, 0.717) is 5.03 Å². The maximum atomic E-state index is 12.0. The fourth-order valence-corrected chi connectivity index (χ4v) is 3.28. The van der Waals surface area contributed by atoms with Crippen LogP contribution in [0, 0.1) is 0 Å². The molecule has 2 aromatic rings. The van der Waals surface area contributed by atoms with E-state index in [1.165, 1.54) is 36.2 Å². The van der Waals surface area contributed by atoms with E-state index >= 15 is 0 Å². The number of benzene rings is 1. The lowest BCUT2D eigenvalue weighted by molar-refractivity contribution is 0.507. The molecule has 0 N–H and O–H groups in total. The summed E-state index contributed by atoms with van der Waals surface area (Å²) in [6.07, 6.45) is 2.85. The summed E-state index contributed by atoms with van der Waals surface area (Å²) in [6.45, 7) is 0. The van der Waals surface area contributed by atoms with Gasteiger partial charge in [0.05, 0.1) is 6.20 Å². The van der Waals surface area contributed by atoms with E-state index < -0.39 is 10.2 Å². The molecule has 1 heterocycles. The molecule has 0 fully saturated rings. The minimum atomic E-state index is -3.52. The molecule has 0 unspecified atom stereocenters. The number of imidazole rings is 1. The predicted molar refractivity (Wildman–Crippen MR) is 70.8 cm³/mol. The molecule has 2 rings (SSSR count). The molecule has 1 aromatic carbocycles. The van der Waals surface area contributed by atoms with Crippen LogP contribution in [0.15, 0.2) is 52.8 Å². The molecule has 0 bridgehead atoms. The van der Waals surface area contributed by atoms with Crippen LogP contribution in [0.4, 0.5) is 0 Å². The quantitative estimate of drug-likeness (QED) is 0.857. The van der Waals surface area contributed by atoms with Crippen LogP contribution in [-0.2, 0) is 10.2 Å². The Labute approximate surface area is 111 Å². The zero-order valence-corrected chi connectivity index (χ0v) is 11.6. The highest BCUT2D eigenvalue weighted by atomic mass is 32.2. The van der Waals surface area contributed by atoms with Gasteiger partial charge in [0.1, 0.15) is 11.4 Å². The van der Waals surface area contributed by atoms with Crippen molar-refractivity contribution in [2.75, 3.05) is 14.1 Å². The van der Waals surface area contributed by atoms with E-state index in [-0.39, 0.29) is 0 Å². The largest absolute Gasteiger partial charge is 0.309 e. The predicted octanol–water partition coefficient (Wildman–Crippen LogP) is 1.69. The fraction of sp³-hybridized carbons (Fsp3) is 0.182. The molecule has 0 aliphatic carbocycles. The number of aromatic nitrogens is 2. The highest BCUT2D eigenvalue weighted by Gasteiger charge is 2.19. The molecule has 0 radical (unpaired) electrons. The van der Waals surface area contributed by atoms with Gasteiger partial charge in [0.2, 0.25) is 0 Å². The van der Waals surface area contributed by atoms with Gasteiger partial charge in [-0.3, -0.25) is 0 Å². The van der Waals surface area contributed by atoms with Crippen molar-refractivity contribution in [3.63, 3.8) is 0 Å². The van der Waals surface area contributed by atoms with Crippen molar-refractivity contribution in [3.8, 4) is 0 Å². The minimum Gasteiger partial charge on any atom is -0.243 e. The Hall–Kier alpha value is -1.31. The SMILES string of the molecule is CN(C)S(=O)(=O)n1cncc1Sc1ccccc1. The first-order chi connectivity index (χ1) is 8.51. The number of hydrogen-bond donors (Lipinski definition) is 0. The number of hydrogen-bond acceptors (Lipinski definition) is 4. The molecule has 0 aliphatic heterocycles. The Bertz CT molecular complexity index is 621. The lowest BCUT2D eigenvalue weighted by Crippen LogP contribution is -2.28. The third-order valence-corrected chi connectivity index (χ3v) is 5.10. The van der Waals surface area contributed by atoms with Crippen molar-refractivity contribution in [1.29, 1.82) is 0 Å². The molecule has 18 heavy (non-hydrogen) atoms. The van der Waals surface area contributed by atoms with E-state index in [1.54, 1.807) is 6.20 Å². The van der Waals surface area contributed by atoms with Crippen molar-refractivity contribution in [2.24, 2.45) is 0 Å². The van der Waals surface area contributed by atoms with Gasteiger partial charge >= 0.3 is 10.2 Å². The second kappa shape index (κ2) is 5.13. The lowest BCUT2D eigenvalue weighted by atomic mass is 10.4. The highest BCUT2D eigenvalue weighted by molar-refractivity contribution is 8.00. The smallest absolute Gasteiger partial charge is 0.243 e. The van der Waals surface area contributed by atoms with Crippen molar-refractivity contribution < 1.29 is 8.42 Å². The summed E-state index contributed by atoms with van der Waals surface area (Å²) < 4.78 is 26.4. The maximum Gasteiger partial charge on any atom is 0.309 e. The normalized spacial score (nSPS) is 11.9. The summed E-state index contributed by atoms with van der Waals surface area (Å²) in [5, 5.41) is 0.565. The second-order valence-corrected chi connectivity index (χ2v) is 6.85. The van der Waals surface area contributed by atoms with E-state index in [1.807, 2.05) is 30.3 Å². The first-order valence-electron chi connectivity index (χ1n) is 5.20. The maximum absolute atomic E-state index is 12.0. The van der Waals surface area contributed by atoms with Gasteiger partial charge in [-0.2, -0.15) is 12.7 Å². The summed E-state index contributed by atoms with van der Waals surface area (Å²) in [7, 11) is -0.533. The Morgan fingerprint density at radius 2 is 1.89 bits per heavy atom. The Morgan fingerprint density at radius 1 is 1.22 bits per heavy atom. The molecular formula is C11H13N3O2S2. The van der Waals surface area contributed by atoms with Crippen molar-refractivity contribution in [3.05, 3.63) is 42.9 Å². The van der Waals surface area contributed by atoms with Crippen LogP contribution >= 0.6 is 11.8 Å². The van der Waals surface area contributed by atoms with E-state index in [9.17, 15) is 8.42 Å². The van der Waals surface area contributed by atoms with Gasteiger partial charge in [0.25, 0.3) is 0 Å². The highest BCUT2D eigenvalue weighted by Crippen LogP contribution is 2.28. The average molecular weight is 283 g/mol. The summed E-state index contributed by atoms with van der Waals surface area (Å²) in [6, 6.07) is 9.57. The Kier molecular flexibility index (Phi) is 3.74. The van der Waals surface area contributed by atoms with Gasteiger partial charge in [0, 0.05) is 19.0 Å². The molecule has 0 amide bonds. The summed E-state index contributed by atoms with van der Waals surface area (Å²) >= 11 is 1.36. The molecule has 7 heteroatoms. The van der Waals surface area contributed by atoms with Gasteiger partial charge in [-0.15, -0.1) is 0 Å². The zero-order chi connectivity index (χ0) is 13.2. The van der Waals surface area contributed by atoms with Crippen LogP contribution in [0.1, 0.15) is 0 Å². The molecule has 5 nitrogen and oxygen atoms in total. The van der Waals surface area contributed by atoms with Gasteiger partial charge < -0.3 is 0 Å². The van der Waals surface area contributed by atoms with Crippen LogP contribution in [-0.4, -0.2) is 35.8 Å². The van der Waals surface area contributed by atoms with Gasteiger partial charge in [-0.25, -0.2) is 8.96 Å². The topological polar surface area (TPSA) is 55.2 Å². The van der Waals surface area contributed by atoms with Gasteiger partial charge in [-0.05, 0) is 12.1 Å². The molecular weight excluding hydrogens is 270 g/mol. The third kappa shape index (κ3) is 2.58. The van der Waals surface area contributed by atoms with Crippen LogP contribution in [0.2, 0.25) is 0 Å². The monoisotopic (exact) mass is 283 g/mol. The molecule has 0 saturated heterocycles. The van der Waals surface area contributed by atoms with Crippen LogP contribution in [0.5, 0.6) is 0 Å². The van der Waals surface area contributed by atoms with Crippen LogP contribution in [0.3, 0.4) is 0 Å².